The molecule has 1 amide bonds. The largest absolute Gasteiger partial charge is 0.349 e. The van der Waals surface area contributed by atoms with Crippen LogP contribution in [0.1, 0.15) is 44.0 Å². The maximum Gasteiger partial charge on any atom is 0.254 e. The Bertz CT molecular complexity index is 522. The zero-order valence-electron chi connectivity index (χ0n) is 12.5. The van der Waals surface area contributed by atoms with E-state index in [0.29, 0.717) is 0 Å². The topological polar surface area (TPSA) is 58.1 Å². The predicted molar refractivity (Wildman–Crippen MR) is 83.9 cm³/mol. The highest BCUT2D eigenvalue weighted by Gasteiger charge is 2.28. The Morgan fingerprint density at radius 2 is 1.90 bits per heavy atom. The minimum atomic E-state index is -0.244. The highest BCUT2D eigenvalue weighted by molar-refractivity contribution is 6.34. The molecule has 0 bridgehead atoms. The van der Waals surface area contributed by atoms with Gasteiger partial charge in [0.2, 0.25) is 0 Å². The molecule has 2 heterocycles. The maximum atomic E-state index is 12.2. The smallest absolute Gasteiger partial charge is 0.254 e. The van der Waals surface area contributed by atoms with Gasteiger partial charge in [-0.05, 0) is 39.7 Å². The van der Waals surface area contributed by atoms with Gasteiger partial charge in [-0.15, -0.1) is 10.2 Å². The summed E-state index contributed by atoms with van der Waals surface area (Å²) in [4.78, 5) is 14.7. The monoisotopic (exact) mass is 330 g/mol. The van der Waals surface area contributed by atoms with E-state index in [1.807, 2.05) is 0 Å². The second kappa shape index (κ2) is 6.46. The molecular weight excluding hydrogens is 311 g/mol. The van der Waals surface area contributed by atoms with Crippen LogP contribution >= 0.6 is 23.2 Å². The first kappa shape index (κ1) is 16.5. The van der Waals surface area contributed by atoms with Crippen LogP contribution in [0, 0.1) is 0 Å². The van der Waals surface area contributed by atoms with Crippen molar-refractivity contribution in [2.75, 3.05) is 13.1 Å². The van der Waals surface area contributed by atoms with Crippen molar-refractivity contribution in [2.24, 2.45) is 0 Å². The lowest BCUT2D eigenvalue weighted by atomic mass is 9.98. The van der Waals surface area contributed by atoms with E-state index in [1.165, 1.54) is 6.07 Å². The Kier molecular flexibility index (Phi) is 5.07. The molecule has 1 saturated heterocycles. The van der Waals surface area contributed by atoms with Crippen LogP contribution < -0.4 is 5.32 Å². The molecule has 0 radical (unpaired) electrons. The first-order valence-corrected chi connectivity index (χ1v) is 7.77. The summed E-state index contributed by atoms with van der Waals surface area (Å²) in [5, 5.41) is 10.5. The molecule has 1 aliphatic rings. The minimum Gasteiger partial charge on any atom is -0.349 e. The van der Waals surface area contributed by atoms with Gasteiger partial charge in [0.15, 0.2) is 10.3 Å². The third-order valence-electron chi connectivity index (χ3n) is 3.74. The van der Waals surface area contributed by atoms with Gasteiger partial charge < -0.3 is 5.32 Å². The van der Waals surface area contributed by atoms with E-state index in [0.717, 1.165) is 25.9 Å². The predicted octanol–water partition coefficient (Wildman–Crippen LogP) is 2.78. The van der Waals surface area contributed by atoms with Gasteiger partial charge in [-0.3, -0.25) is 9.69 Å². The van der Waals surface area contributed by atoms with Crippen LogP contribution in [-0.4, -0.2) is 45.7 Å². The van der Waals surface area contributed by atoms with E-state index in [9.17, 15) is 4.79 Å². The summed E-state index contributed by atoms with van der Waals surface area (Å²) in [6, 6.07) is 1.59. The lowest BCUT2D eigenvalue weighted by Gasteiger charge is -2.41. The lowest BCUT2D eigenvalue weighted by Crippen LogP contribution is -2.50. The number of carbonyl (C=O) groups excluding carboxylic acids is 1. The standard InChI is InChI=1S/C14H20Cl2N4O/c1-14(2,3)20-6-4-9(5-7-20)17-13(21)10-8-11(15)18-19-12(10)16/h8-9H,4-7H2,1-3H3,(H,17,21). The zero-order valence-corrected chi connectivity index (χ0v) is 14.0. The summed E-state index contributed by atoms with van der Waals surface area (Å²) in [5.74, 6) is -0.244. The molecule has 0 atom stereocenters. The number of hydrogen-bond donors (Lipinski definition) is 1. The number of carbonyl (C=O) groups is 1. The number of aromatic nitrogens is 2. The molecule has 7 heteroatoms. The van der Waals surface area contributed by atoms with Gasteiger partial charge >= 0.3 is 0 Å². The summed E-state index contributed by atoms with van der Waals surface area (Å²) in [6.45, 7) is 8.55. The zero-order chi connectivity index (χ0) is 15.6. The SMILES string of the molecule is CC(C)(C)N1CCC(NC(=O)c2cc(Cl)nnc2Cl)CC1. The summed E-state index contributed by atoms with van der Waals surface area (Å²) in [7, 11) is 0. The van der Waals surface area contributed by atoms with Crippen LogP contribution in [0.4, 0.5) is 0 Å². The minimum absolute atomic E-state index is 0.0732. The van der Waals surface area contributed by atoms with Crippen molar-refractivity contribution >= 4 is 29.1 Å². The highest BCUT2D eigenvalue weighted by atomic mass is 35.5. The van der Waals surface area contributed by atoms with Gasteiger partial charge in [0, 0.05) is 24.7 Å². The van der Waals surface area contributed by atoms with E-state index in [2.05, 4.69) is 41.2 Å². The molecule has 116 valence electrons. The van der Waals surface area contributed by atoms with Crippen LogP contribution in [0.5, 0.6) is 0 Å². The maximum absolute atomic E-state index is 12.2. The third-order valence-corrected chi connectivity index (χ3v) is 4.21. The van der Waals surface area contributed by atoms with Gasteiger partial charge in [-0.2, -0.15) is 0 Å². The van der Waals surface area contributed by atoms with Crippen LogP contribution in [0.2, 0.25) is 10.3 Å². The van der Waals surface area contributed by atoms with Crippen molar-refractivity contribution in [1.82, 2.24) is 20.4 Å². The quantitative estimate of drug-likeness (QED) is 0.905. The number of halogens is 2. The number of likely N-dealkylation sites (tertiary alicyclic amines) is 1. The molecule has 0 saturated carbocycles. The van der Waals surface area contributed by atoms with E-state index in [-0.39, 0.29) is 33.4 Å². The Hall–Kier alpha value is -0.910. The average Bonchev–Trinajstić information content (AvgIpc) is 2.41. The van der Waals surface area contributed by atoms with Crippen molar-refractivity contribution in [3.8, 4) is 0 Å². The van der Waals surface area contributed by atoms with Crippen molar-refractivity contribution < 1.29 is 4.79 Å². The summed E-state index contributed by atoms with van der Waals surface area (Å²) in [5.41, 5.74) is 0.441. The molecule has 1 fully saturated rings. The summed E-state index contributed by atoms with van der Waals surface area (Å²) < 4.78 is 0. The molecule has 1 aliphatic heterocycles. The molecular formula is C14H20Cl2N4O. The molecule has 1 aromatic rings. The van der Waals surface area contributed by atoms with E-state index >= 15 is 0 Å². The molecule has 1 aromatic heterocycles. The van der Waals surface area contributed by atoms with E-state index < -0.39 is 0 Å². The van der Waals surface area contributed by atoms with Gasteiger partial charge in [-0.1, -0.05) is 23.2 Å². The van der Waals surface area contributed by atoms with E-state index in [1.54, 1.807) is 0 Å². The Labute approximate surface area is 135 Å². The molecule has 0 aromatic carbocycles. The molecule has 0 aliphatic carbocycles. The van der Waals surface area contributed by atoms with Crippen LogP contribution in [0.15, 0.2) is 6.07 Å². The number of hydrogen-bond acceptors (Lipinski definition) is 4. The average molecular weight is 331 g/mol. The van der Waals surface area contributed by atoms with Gasteiger partial charge in [0.1, 0.15) is 0 Å². The van der Waals surface area contributed by atoms with Gasteiger partial charge in [-0.25, -0.2) is 0 Å². The molecule has 2 rings (SSSR count). The molecule has 0 spiro atoms. The first-order valence-electron chi connectivity index (χ1n) is 7.02. The Morgan fingerprint density at radius 1 is 1.29 bits per heavy atom. The fourth-order valence-electron chi connectivity index (χ4n) is 2.47. The van der Waals surface area contributed by atoms with Crippen LogP contribution in [-0.2, 0) is 0 Å². The third kappa shape index (κ3) is 4.28. The van der Waals surface area contributed by atoms with Crippen LogP contribution in [0.25, 0.3) is 0 Å². The molecule has 21 heavy (non-hydrogen) atoms. The molecule has 0 unspecified atom stereocenters. The number of nitrogens with one attached hydrogen (secondary N) is 1. The molecule has 1 N–H and O–H groups in total. The van der Waals surface area contributed by atoms with Crippen molar-refractivity contribution in [3.05, 3.63) is 21.9 Å². The second-order valence-electron chi connectivity index (χ2n) is 6.28. The highest BCUT2D eigenvalue weighted by Crippen LogP contribution is 2.21. The summed E-state index contributed by atoms with van der Waals surface area (Å²) >= 11 is 11.6. The van der Waals surface area contributed by atoms with Gasteiger partial charge in [0.25, 0.3) is 5.91 Å². The first-order chi connectivity index (χ1) is 9.77. The van der Waals surface area contributed by atoms with Crippen molar-refractivity contribution in [2.45, 2.75) is 45.2 Å². The van der Waals surface area contributed by atoms with Crippen molar-refractivity contribution in [1.29, 1.82) is 0 Å². The number of nitrogens with zero attached hydrogens (tertiary/aromatic N) is 3. The number of rotatable bonds is 2. The lowest BCUT2D eigenvalue weighted by molar-refractivity contribution is 0.0812. The number of piperidine rings is 1. The Balaban J connectivity index is 1.94. The second-order valence-corrected chi connectivity index (χ2v) is 7.02. The van der Waals surface area contributed by atoms with Crippen molar-refractivity contribution in [3.63, 3.8) is 0 Å². The summed E-state index contributed by atoms with van der Waals surface area (Å²) in [6.07, 6.45) is 1.85. The van der Waals surface area contributed by atoms with Crippen LogP contribution in [0.3, 0.4) is 0 Å². The number of amides is 1. The normalized spacial score (nSPS) is 17.8. The van der Waals surface area contributed by atoms with E-state index in [4.69, 9.17) is 23.2 Å². The fraction of sp³-hybridized carbons (Fsp3) is 0.643. The Morgan fingerprint density at radius 3 is 2.48 bits per heavy atom. The van der Waals surface area contributed by atoms with Gasteiger partial charge in [0.05, 0.1) is 5.56 Å². The molecule has 5 nitrogen and oxygen atoms in total. The fourth-order valence-corrected chi connectivity index (χ4v) is 2.80.